The summed E-state index contributed by atoms with van der Waals surface area (Å²) in [5, 5.41) is 9.17. The summed E-state index contributed by atoms with van der Waals surface area (Å²) in [6, 6.07) is 16.6. The first kappa shape index (κ1) is 18.6. The number of furan rings is 1. The molecule has 28 heavy (non-hydrogen) atoms. The molecule has 0 amide bonds. The monoisotopic (exact) mass is 395 g/mol. The lowest BCUT2D eigenvalue weighted by molar-refractivity contribution is 0.261. The van der Waals surface area contributed by atoms with Gasteiger partial charge in [0.2, 0.25) is 0 Å². The van der Waals surface area contributed by atoms with Crippen LogP contribution in [-0.2, 0) is 12.8 Å². The molecule has 0 aliphatic carbocycles. The standard InChI is InChI=1S/C22H25N3O2S/c1-2-8-21-19(7-1)20(11-15-27-21)25-22(23-12-9-17-5-3-14-26-17)24-13-10-18-6-4-16-28-18/h1-8,14,16,20H,9-13,15H2,(H2,23,24,25). The lowest BCUT2D eigenvalue weighted by atomic mass is 10.0. The van der Waals surface area contributed by atoms with E-state index < -0.39 is 0 Å². The Labute approximate surface area is 169 Å². The van der Waals surface area contributed by atoms with Crippen molar-refractivity contribution >= 4 is 17.3 Å². The third-order valence-electron chi connectivity index (χ3n) is 4.72. The molecular weight excluding hydrogens is 370 g/mol. The molecule has 1 aliphatic heterocycles. The van der Waals surface area contributed by atoms with Crippen molar-refractivity contribution in [1.29, 1.82) is 0 Å². The number of aliphatic imine (C=N–C) groups is 1. The van der Waals surface area contributed by atoms with Crippen molar-refractivity contribution in [3.05, 3.63) is 76.4 Å². The summed E-state index contributed by atoms with van der Waals surface area (Å²) in [6.45, 7) is 2.23. The molecule has 0 spiro atoms. The number of rotatable bonds is 7. The quantitative estimate of drug-likeness (QED) is 0.465. The smallest absolute Gasteiger partial charge is 0.191 e. The highest BCUT2D eigenvalue weighted by atomic mass is 32.1. The van der Waals surface area contributed by atoms with Gasteiger partial charge in [0, 0.05) is 42.8 Å². The van der Waals surface area contributed by atoms with Gasteiger partial charge >= 0.3 is 0 Å². The van der Waals surface area contributed by atoms with Crippen LogP contribution in [0.3, 0.4) is 0 Å². The molecule has 0 radical (unpaired) electrons. The Morgan fingerprint density at radius 2 is 2.07 bits per heavy atom. The highest BCUT2D eigenvalue weighted by Crippen LogP contribution is 2.31. The Kier molecular flexibility index (Phi) is 6.29. The fraction of sp³-hybridized carbons (Fsp3) is 0.318. The van der Waals surface area contributed by atoms with Crippen molar-refractivity contribution < 1.29 is 9.15 Å². The summed E-state index contributed by atoms with van der Waals surface area (Å²) in [5.41, 5.74) is 1.19. The molecule has 1 atom stereocenters. The zero-order valence-electron chi connectivity index (χ0n) is 15.8. The largest absolute Gasteiger partial charge is 0.493 e. The third-order valence-corrected chi connectivity index (χ3v) is 5.66. The Morgan fingerprint density at radius 3 is 2.93 bits per heavy atom. The van der Waals surface area contributed by atoms with E-state index in [1.54, 1.807) is 17.6 Å². The molecule has 0 saturated heterocycles. The van der Waals surface area contributed by atoms with E-state index in [2.05, 4.69) is 40.3 Å². The molecule has 1 unspecified atom stereocenters. The van der Waals surface area contributed by atoms with Gasteiger partial charge in [0.1, 0.15) is 11.5 Å². The first-order valence-corrected chi connectivity index (χ1v) is 10.6. The van der Waals surface area contributed by atoms with E-state index in [4.69, 9.17) is 14.1 Å². The Hall–Kier alpha value is -2.73. The maximum atomic E-state index is 5.78. The molecule has 3 aromatic rings. The SMILES string of the molecule is c1coc(CCNC(=NCCc2cccs2)NC2CCOc3ccccc32)c1. The Morgan fingerprint density at radius 1 is 1.11 bits per heavy atom. The number of hydrogen-bond acceptors (Lipinski definition) is 4. The van der Waals surface area contributed by atoms with Crippen LogP contribution in [0.15, 0.2) is 69.6 Å². The second-order valence-corrected chi connectivity index (χ2v) is 7.72. The van der Waals surface area contributed by atoms with Gasteiger partial charge < -0.3 is 19.8 Å². The molecular formula is C22H25N3O2S. The number of nitrogens with one attached hydrogen (secondary N) is 2. The van der Waals surface area contributed by atoms with Crippen LogP contribution in [0.5, 0.6) is 5.75 Å². The van der Waals surface area contributed by atoms with Gasteiger partial charge in [0.15, 0.2) is 5.96 Å². The highest BCUT2D eigenvalue weighted by Gasteiger charge is 2.21. The van der Waals surface area contributed by atoms with Crippen LogP contribution in [0.25, 0.3) is 0 Å². The summed E-state index contributed by atoms with van der Waals surface area (Å²) >= 11 is 1.78. The molecule has 3 heterocycles. The van der Waals surface area contributed by atoms with Crippen molar-refractivity contribution in [1.82, 2.24) is 10.6 Å². The number of benzene rings is 1. The third kappa shape index (κ3) is 4.95. The van der Waals surface area contributed by atoms with E-state index in [9.17, 15) is 0 Å². The second kappa shape index (κ2) is 9.46. The maximum absolute atomic E-state index is 5.78. The molecule has 0 saturated carbocycles. The van der Waals surface area contributed by atoms with Crippen molar-refractivity contribution in [2.24, 2.45) is 4.99 Å². The summed E-state index contributed by atoms with van der Waals surface area (Å²) in [5.74, 6) is 2.77. The summed E-state index contributed by atoms with van der Waals surface area (Å²) in [6.07, 6.45) is 4.40. The summed E-state index contributed by atoms with van der Waals surface area (Å²) in [4.78, 5) is 6.17. The minimum atomic E-state index is 0.196. The van der Waals surface area contributed by atoms with Crippen molar-refractivity contribution in [2.45, 2.75) is 25.3 Å². The molecule has 146 valence electrons. The average Bonchev–Trinajstić information content (AvgIpc) is 3.42. The lowest BCUT2D eigenvalue weighted by Gasteiger charge is -2.28. The Balaban J connectivity index is 1.41. The molecule has 0 fully saturated rings. The lowest BCUT2D eigenvalue weighted by Crippen LogP contribution is -2.42. The number of nitrogens with zero attached hydrogens (tertiary/aromatic N) is 1. The van der Waals surface area contributed by atoms with E-state index in [1.165, 1.54) is 10.4 Å². The molecule has 4 rings (SSSR count). The first-order chi connectivity index (χ1) is 13.9. The van der Waals surface area contributed by atoms with Gasteiger partial charge in [-0.2, -0.15) is 0 Å². The van der Waals surface area contributed by atoms with Crippen LogP contribution in [-0.4, -0.2) is 25.7 Å². The molecule has 1 aromatic carbocycles. The van der Waals surface area contributed by atoms with Gasteiger partial charge in [-0.25, -0.2) is 0 Å². The van der Waals surface area contributed by atoms with Crippen LogP contribution < -0.4 is 15.4 Å². The number of thiophene rings is 1. The maximum Gasteiger partial charge on any atom is 0.191 e. The van der Waals surface area contributed by atoms with Crippen LogP contribution in [0.1, 0.15) is 28.7 Å². The summed E-state index contributed by atoms with van der Waals surface area (Å²) < 4.78 is 11.2. The molecule has 6 heteroatoms. The molecule has 0 bridgehead atoms. The van der Waals surface area contributed by atoms with Gasteiger partial charge in [-0.15, -0.1) is 11.3 Å². The van der Waals surface area contributed by atoms with E-state index in [1.807, 2.05) is 24.3 Å². The van der Waals surface area contributed by atoms with Gasteiger partial charge in [-0.3, -0.25) is 4.99 Å². The number of hydrogen-bond donors (Lipinski definition) is 2. The summed E-state index contributed by atoms with van der Waals surface area (Å²) in [7, 11) is 0. The van der Waals surface area contributed by atoms with E-state index in [0.717, 1.165) is 49.8 Å². The van der Waals surface area contributed by atoms with Gasteiger partial charge in [0.05, 0.1) is 18.9 Å². The van der Waals surface area contributed by atoms with Crippen LogP contribution >= 0.6 is 11.3 Å². The predicted octanol–water partition coefficient (Wildman–Crippen LogP) is 4.19. The highest BCUT2D eigenvalue weighted by molar-refractivity contribution is 7.09. The molecule has 1 aliphatic rings. The molecule has 2 aromatic heterocycles. The van der Waals surface area contributed by atoms with Gasteiger partial charge in [0.25, 0.3) is 0 Å². The fourth-order valence-corrected chi connectivity index (χ4v) is 4.00. The average molecular weight is 396 g/mol. The van der Waals surface area contributed by atoms with Gasteiger partial charge in [-0.05, 0) is 29.6 Å². The van der Waals surface area contributed by atoms with Crippen molar-refractivity contribution in [3.63, 3.8) is 0 Å². The number of guanidine groups is 1. The van der Waals surface area contributed by atoms with E-state index in [-0.39, 0.29) is 6.04 Å². The minimum Gasteiger partial charge on any atom is -0.493 e. The molecule has 5 nitrogen and oxygen atoms in total. The topological polar surface area (TPSA) is 58.8 Å². The number of ether oxygens (including phenoxy) is 1. The van der Waals surface area contributed by atoms with E-state index in [0.29, 0.717) is 6.61 Å². The minimum absolute atomic E-state index is 0.196. The van der Waals surface area contributed by atoms with Crippen LogP contribution in [0, 0.1) is 0 Å². The first-order valence-electron chi connectivity index (χ1n) is 9.70. The second-order valence-electron chi connectivity index (χ2n) is 6.69. The predicted molar refractivity (Wildman–Crippen MR) is 113 cm³/mol. The normalized spacial score (nSPS) is 16.3. The molecule has 2 N–H and O–H groups in total. The zero-order chi connectivity index (χ0) is 19.0. The van der Waals surface area contributed by atoms with E-state index >= 15 is 0 Å². The van der Waals surface area contributed by atoms with Gasteiger partial charge in [-0.1, -0.05) is 24.3 Å². The van der Waals surface area contributed by atoms with Crippen LogP contribution in [0.4, 0.5) is 0 Å². The van der Waals surface area contributed by atoms with Crippen molar-refractivity contribution in [3.8, 4) is 5.75 Å². The number of fused-ring (bicyclic) bond motifs is 1. The van der Waals surface area contributed by atoms with Crippen LogP contribution in [0.2, 0.25) is 0 Å². The van der Waals surface area contributed by atoms with Crippen molar-refractivity contribution in [2.75, 3.05) is 19.7 Å². The fourth-order valence-electron chi connectivity index (χ4n) is 3.30. The number of para-hydroxylation sites is 1. The Bertz CT molecular complexity index is 875. The zero-order valence-corrected chi connectivity index (χ0v) is 16.6.